The van der Waals surface area contributed by atoms with Gasteiger partial charge in [0.15, 0.2) is 0 Å². The molecule has 4 atom stereocenters. The van der Waals surface area contributed by atoms with Gasteiger partial charge in [0, 0.05) is 18.7 Å². The monoisotopic (exact) mass is 495 g/mol. The lowest BCUT2D eigenvalue weighted by Crippen LogP contribution is -2.50. The van der Waals surface area contributed by atoms with Crippen LogP contribution in [0.25, 0.3) is 0 Å². The molecule has 0 saturated heterocycles. The minimum Gasteiger partial charge on any atom is -0.496 e. The first-order valence-corrected chi connectivity index (χ1v) is 13.5. The Morgan fingerprint density at radius 2 is 1.75 bits per heavy atom. The van der Waals surface area contributed by atoms with Gasteiger partial charge in [0.05, 0.1) is 30.3 Å². The predicted octanol–water partition coefficient (Wildman–Crippen LogP) is 4.83. The lowest BCUT2D eigenvalue weighted by Gasteiger charge is -2.32. The summed E-state index contributed by atoms with van der Waals surface area (Å²) in [5.41, 5.74) is 0.697. The van der Waals surface area contributed by atoms with Crippen LogP contribution in [0.1, 0.15) is 88.6 Å². The maximum atomic E-state index is 13.6. The van der Waals surface area contributed by atoms with E-state index in [9.17, 15) is 14.9 Å². The Kier molecular flexibility index (Phi) is 7.82. The number of carbonyl (C=O) groups is 2. The number of hydrogen-bond acceptors (Lipinski definition) is 5. The molecule has 1 unspecified atom stereocenters. The normalized spacial score (nSPS) is 29.3. The van der Waals surface area contributed by atoms with E-state index < -0.39 is 0 Å². The molecular weight excluding hydrogens is 454 g/mol. The Bertz CT molecular complexity index is 1020. The molecule has 2 bridgehead atoms. The summed E-state index contributed by atoms with van der Waals surface area (Å²) in [5, 5.41) is 16.0. The molecule has 4 rings (SSSR count). The Balaban J connectivity index is 1.53. The Labute approximate surface area is 215 Å². The second kappa shape index (κ2) is 10.7. The zero-order chi connectivity index (χ0) is 26.0. The summed E-state index contributed by atoms with van der Waals surface area (Å²) < 4.78 is 11.7. The Morgan fingerprint density at radius 3 is 2.39 bits per heavy atom. The van der Waals surface area contributed by atoms with E-state index in [1.165, 1.54) is 7.11 Å². The first kappa shape index (κ1) is 26.3. The average Bonchev–Trinajstić information content (AvgIpc) is 3.45. The van der Waals surface area contributed by atoms with E-state index in [-0.39, 0.29) is 35.3 Å². The van der Waals surface area contributed by atoms with Crippen molar-refractivity contribution in [3.05, 3.63) is 23.3 Å². The lowest BCUT2D eigenvalue weighted by molar-refractivity contribution is -0.127. The second-order valence-electron chi connectivity index (χ2n) is 12.3. The number of amides is 2. The van der Waals surface area contributed by atoms with Crippen LogP contribution < -0.4 is 20.1 Å². The zero-order valence-corrected chi connectivity index (χ0v) is 22.4. The van der Waals surface area contributed by atoms with Crippen molar-refractivity contribution in [2.24, 2.45) is 29.1 Å². The van der Waals surface area contributed by atoms with Gasteiger partial charge in [-0.05, 0) is 74.2 Å². The van der Waals surface area contributed by atoms with Crippen LogP contribution in [0.2, 0.25) is 0 Å². The highest BCUT2D eigenvalue weighted by molar-refractivity contribution is 5.98. The number of nitriles is 1. The minimum absolute atomic E-state index is 0.00531. The summed E-state index contributed by atoms with van der Waals surface area (Å²) in [5.74, 6) is 1.58. The third-order valence-electron chi connectivity index (χ3n) is 8.23. The van der Waals surface area contributed by atoms with E-state index in [4.69, 9.17) is 9.47 Å². The van der Waals surface area contributed by atoms with Crippen LogP contribution in [-0.2, 0) is 4.79 Å². The van der Waals surface area contributed by atoms with Gasteiger partial charge in [0.2, 0.25) is 5.91 Å². The molecule has 7 nitrogen and oxygen atoms in total. The van der Waals surface area contributed by atoms with Gasteiger partial charge in [-0.1, -0.05) is 27.7 Å². The number of carbonyl (C=O) groups excluding carboxylic acids is 2. The molecule has 3 aliphatic rings. The lowest BCUT2D eigenvalue weighted by atomic mass is 9.83. The fraction of sp³-hybridized carbons (Fsp3) is 0.690. The molecule has 0 aromatic heterocycles. The van der Waals surface area contributed by atoms with Gasteiger partial charge >= 0.3 is 0 Å². The molecule has 0 heterocycles. The molecule has 0 radical (unpaired) electrons. The summed E-state index contributed by atoms with van der Waals surface area (Å²) in [6.45, 7) is 9.14. The van der Waals surface area contributed by atoms with Crippen molar-refractivity contribution in [3.63, 3.8) is 0 Å². The van der Waals surface area contributed by atoms with Gasteiger partial charge in [-0.2, -0.15) is 5.26 Å². The maximum absolute atomic E-state index is 13.6. The van der Waals surface area contributed by atoms with E-state index in [0.29, 0.717) is 46.9 Å². The van der Waals surface area contributed by atoms with E-state index in [2.05, 4.69) is 44.4 Å². The van der Waals surface area contributed by atoms with E-state index in [0.717, 1.165) is 44.9 Å². The van der Waals surface area contributed by atoms with Crippen molar-refractivity contribution in [2.45, 2.75) is 84.8 Å². The van der Waals surface area contributed by atoms with Crippen LogP contribution in [0.5, 0.6) is 11.5 Å². The molecule has 196 valence electrons. The molecule has 0 spiro atoms. The second-order valence-corrected chi connectivity index (χ2v) is 12.3. The third-order valence-corrected chi connectivity index (χ3v) is 8.23. The molecule has 3 aliphatic carbocycles. The first-order chi connectivity index (χ1) is 17.1. The minimum atomic E-state index is -0.287. The Hall–Kier alpha value is -2.75. The topological polar surface area (TPSA) is 100 Å². The fourth-order valence-corrected chi connectivity index (χ4v) is 6.19. The molecular formula is C29H41N3O4. The highest BCUT2D eigenvalue weighted by atomic mass is 16.5. The van der Waals surface area contributed by atoms with Gasteiger partial charge in [0.25, 0.3) is 5.91 Å². The van der Waals surface area contributed by atoms with Gasteiger partial charge < -0.3 is 20.1 Å². The molecule has 3 fully saturated rings. The van der Waals surface area contributed by atoms with E-state index in [1.54, 1.807) is 12.1 Å². The van der Waals surface area contributed by atoms with Crippen molar-refractivity contribution in [2.75, 3.05) is 13.7 Å². The number of ether oxygens (including phenoxy) is 2. The number of rotatable bonds is 7. The molecule has 7 heteroatoms. The molecule has 1 aromatic carbocycles. The molecule has 2 N–H and O–H groups in total. The predicted molar refractivity (Wildman–Crippen MR) is 138 cm³/mol. The molecule has 1 aromatic rings. The van der Waals surface area contributed by atoms with E-state index in [1.807, 2.05) is 0 Å². The quantitative estimate of drug-likeness (QED) is 0.564. The largest absolute Gasteiger partial charge is 0.496 e. The van der Waals surface area contributed by atoms with Crippen molar-refractivity contribution in [1.82, 2.24) is 10.6 Å². The Morgan fingerprint density at radius 1 is 1.06 bits per heavy atom. The van der Waals surface area contributed by atoms with Gasteiger partial charge in [-0.25, -0.2) is 0 Å². The molecule has 0 aliphatic heterocycles. The summed E-state index contributed by atoms with van der Waals surface area (Å²) >= 11 is 0. The van der Waals surface area contributed by atoms with Crippen LogP contribution in [0.15, 0.2) is 12.1 Å². The first-order valence-electron chi connectivity index (χ1n) is 13.5. The number of hydrogen-bond donors (Lipinski definition) is 2. The van der Waals surface area contributed by atoms with Crippen LogP contribution >= 0.6 is 0 Å². The van der Waals surface area contributed by atoms with Crippen molar-refractivity contribution >= 4 is 11.8 Å². The standard InChI is InChI=1S/C29H41N3O4/c1-17-6-10-21(11-7-17)36-23-14-22(24(35-5)13-20(23)15-30)27(33)32-26-19-9-8-18(12-19)25(26)28(34)31-16-29(2,3)4/h13-14,17-19,21,25-26H,6-12,16H2,1-5H3,(H,31,34)(H,32,33)/t17?,18-,19+,21?,25?,26-/m1/s1. The summed E-state index contributed by atoms with van der Waals surface area (Å²) in [6, 6.07) is 5.21. The van der Waals surface area contributed by atoms with Gasteiger partial charge in [0.1, 0.15) is 17.6 Å². The number of benzene rings is 1. The van der Waals surface area contributed by atoms with Gasteiger partial charge in [-0.3, -0.25) is 9.59 Å². The zero-order valence-electron chi connectivity index (χ0n) is 22.4. The number of fused-ring (bicyclic) bond motifs is 2. The number of methoxy groups -OCH3 is 1. The molecule has 36 heavy (non-hydrogen) atoms. The van der Waals surface area contributed by atoms with E-state index >= 15 is 0 Å². The highest BCUT2D eigenvalue weighted by Gasteiger charge is 2.51. The third kappa shape index (κ3) is 5.79. The smallest absolute Gasteiger partial charge is 0.255 e. The fourth-order valence-electron chi connectivity index (χ4n) is 6.19. The van der Waals surface area contributed by atoms with Crippen molar-refractivity contribution < 1.29 is 19.1 Å². The van der Waals surface area contributed by atoms with Crippen LogP contribution in [0.3, 0.4) is 0 Å². The number of nitrogens with one attached hydrogen (secondary N) is 2. The average molecular weight is 496 g/mol. The molecule has 2 amide bonds. The summed E-state index contributed by atoms with van der Waals surface area (Å²) in [4.78, 5) is 26.7. The number of nitrogens with zero attached hydrogens (tertiary/aromatic N) is 1. The summed E-state index contributed by atoms with van der Waals surface area (Å²) in [7, 11) is 1.50. The maximum Gasteiger partial charge on any atom is 0.255 e. The van der Waals surface area contributed by atoms with Crippen molar-refractivity contribution in [1.29, 1.82) is 5.26 Å². The molecule has 3 saturated carbocycles. The summed E-state index contributed by atoms with van der Waals surface area (Å²) in [6.07, 6.45) is 7.14. The van der Waals surface area contributed by atoms with Gasteiger partial charge in [-0.15, -0.1) is 0 Å². The van der Waals surface area contributed by atoms with Crippen LogP contribution in [-0.4, -0.2) is 37.6 Å². The van der Waals surface area contributed by atoms with Crippen LogP contribution in [0.4, 0.5) is 0 Å². The highest BCUT2D eigenvalue weighted by Crippen LogP contribution is 2.49. The van der Waals surface area contributed by atoms with Crippen molar-refractivity contribution in [3.8, 4) is 17.6 Å². The SMILES string of the molecule is COc1cc(C#N)c(OC2CCC(C)CC2)cc1C(=O)N[C@H]1C(C(=O)NCC(C)(C)C)[C@@H]2CC[C@H]1C2. The van der Waals surface area contributed by atoms with Crippen LogP contribution in [0, 0.1) is 40.4 Å².